The third-order valence-electron chi connectivity index (χ3n) is 25.8. The summed E-state index contributed by atoms with van der Waals surface area (Å²) in [4.78, 5) is 54.7. The smallest absolute Gasteiger partial charge is 0.118 e. The van der Waals surface area contributed by atoms with Crippen LogP contribution in [0.4, 0.5) is 0 Å². The quantitative estimate of drug-likeness (QED) is 0.119. The van der Waals surface area contributed by atoms with Crippen LogP contribution in [0, 0.1) is 166 Å². The normalized spacial score (nSPS) is 12.3. The molecule has 602 valence electrons. The van der Waals surface area contributed by atoms with Gasteiger partial charge in [-0.3, -0.25) is 0 Å². The molecule has 4 aliphatic heterocycles. The van der Waals surface area contributed by atoms with Crippen LogP contribution in [0.5, 0.6) is 0 Å². The van der Waals surface area contributed by atoms with E-state index in [1.165, 1.54) is 44.5 Å². The molecule has 19 rings (SSSR count). The fraction of sp³-hybridized carbons (Fsp3) is 0.214. The van der Waals surface area contributed by atoms with Crippen molar-refractivity contribution >= 4 is 91.6 Å². The van der Waals surface area contributed by atoms with Crippen molar-refractivity contribution in [2.45, 2.75) is 166 Å². The number of rotatable bonds is 8. The van der Waals surface area contributed by atoms with Crippen molar-refractivity contribution in [3.63, 3.8) is 0 Å². The van der Waals surface area contributed by atoms with Crippen LogP contribution >= 0.6 is 0 Å². The predicted molar refractivity (Wildman–Crippen MR) is 517 cm³/mol. The Bertz CT molecular complexity index is 7080. The van der Waals surface area contributed by atoms with Crippen molar-refractivity contribution in [2.24, 2.45) is 0 Å². The van der Waals surface area contributed by atoms with E-state index in [-0.39, 0.29) is 0 Å². The van der Waals surface area contributed by atoms with Gasteiger partial charge in [-0.05, 0) is 373 Å². The molecule has 0 amide bonds. The van der Waals surface area contributed by atoms with E-state index in [2.05, 4.69) is 356 Å². The Kier molecular flexibility index (Phi) is 18.8. The maximum absolute atomic E-state index is 6.56. The predicted octanol–water partition coefficient (Wildman–Crippen LogP) is 29.5. The summed E-state index contributed by atoms with van der Waals surface area (Å²) in [5.41, 5.74) is 59.9. The second-order valence-electron chi connectivity index (χ2n) is 36.0. The van der Waals surface area contributed by atoms with Crippen molar-refractivity contribution in [3.05, 3.63) is 301 Å². The van der Waals surface area contributed by atoms with Gasteiger partial charge in [0.25, 0.3) is 0 Å². The standard InChI is InChI=1S/C112H104N10/c1-53-37-61(9)89(62(10)38-53)97-77-25-26-78(113-77)98(90-63(11)39-54(2)40-64(90)12)82-30-34-86(116-82)102(94-71(19)47-58(6)48-72(94)20)106-110-109(105(119-106)101(85-33-29-81(97)115-85)93-69(17)45-57(5)46-70(93)18)121-111-107-103(95-73(21)49-59(7)50-74(95)22)87-35-31-83(117-87)99(91-65(13)41-55(3)42-66(91)14)79-27-28-80(114-79)100(92-67(15)43-56(4)44-68(92)16)84-32-36-88(118-84)104(108(120-107)112(111)122-110)96-75(23)51-60(8)52-76(96)24/h25-52,113,117-119H,1-24H3. The Hall–Kier alpha value is -13.4. The Morgan fingerprint density at radius 2 is 0.320 bits per heavy atom. The molecule has 0 radical (unpaired) electrons. The Morgan fingerprint density at radius 1 is 0.156 bits per heavy atom. The Balaban J connectivity index is 1.11. The lowest BCUT2D eigenvalue weighted by Gasteiger charge is -2.15. The topological polar surface area (TPSA) is 140 Å². The summed E-state index contributed by atoms with van der Waals surface area (Å²) in [6, 6.07) is 50.5. The fourth-order valence-electron chi connectivity index (χ4n) is 22.0. The van der Waals surface area contributed by atoms with E-state index in [0.29, 0.717) is 33.8 Å². The molecule has 0 atom stereocenters. The zero-order chi connectivity index (χ0) is 85.5. The number of hydrogen-bond donors (Lipinski definition) is 4. The highest BCUT2D eigenvalue weighted by atomic mass is 15.0. The van der Waals surface area contributed by atoms with Crippen molar-refractivity contribution in [2.75, 3.05) is 0 Å². The molecule has 0 saturated heterocycles. The summed E-state index contributed by atoms with van der Waals surface area (Å²) in [6.07, 6.45) is 13.4. The monoisotopic (exact) mass is 1590 g/mol. The molecule has 0 fully saturated rings. The van der Waals surface area contributed by atoms with Crippen LogP contribution in [0.3, 0.4) is 0 Å². The number of aromatic nitrogens is 10. The van der Waals surface area contributed by atoms with Crippen molar-refractivity contribution in [3.8, 4) is 112 Å². The Labute approximate surface area is 716 Å². The summed E-state index contributed by atoms with van der Waals surface area (Å²) in [6.45, 7) is 53.5. The average Bonchev–Trinajstić information content (AvgIpc) is 1.55. The molecule has 7 aromatic heterocycles. The van der Waals surface area contributed by atoms with Gasteiger partial charge in [-0.15, -0.1) is 0 Å². The molecule has 10 nitrogen and oxygen atoms in total. The van der Waals surface area contributed by atoms with Crippen LogP contribution in [0.15, 0.2) is 133 Å². The molecule has 0 spiro atoms. The van der Waals surface area contributed by atoms with Gasteiger partial charge >= 0.3 is 0 Å². The van der Waals surface area contributed by atoms with Gasteiger partial charge in [0.1, 0.15) is 33.8 Å². The third-order valence-corrected chi connectivity index (χ3v) is 25.8. The molecule has 15 aromatic rings. The summed E-state index contributed by atoms with van der Waals surface area (Å²) < 4.78 is 0. The number of nitrogens with one attached hydrogen (secondary N) is 4. The van der Waals surface area contributed by atoms with Gasteiger partial charge in [-0.25, -0.2) is 29.9 Å². The largest absolute Gasteiger partial charge is 0.354 e. The number of aryl methyl sites for hydroxylation is 24. The zero-order valence-electron chi connectivity index (χ0n) is 74.8. The highest BCUT2D eigenvalue weighted by Crippen LogP contribution is 2.53. The van der Waals surface area contributed by atoms with Crippen molar-refractivity contribution in [1.82, 2.24) is 49.8 Å². The minimum atomic E-state index is 0.637. The summed E-state index contributed by atoms with van der Waals surface area (Å²) in [5.74, 6) is 0. The van der Waals surface area contributed by atoms with Gasteiger partial charge in [-0.1, -0.05) is 142 Å². The molecule has 16 bridgehead atoms. The highest BCUT2D eigenvalue weighted by Gasteiger charge is 2.35. The zero-order valence-corrected chi connectivity index (χ0v) is 74.8. The molecule has 10 heteroatoms. The third kappa shape index (κ3) is 12.8. The van der Waals surface area contributed by atoms with Crippen LogP contribution in [-0.4, -0.2) is 49.8 Å². The van der Waals surface area contributed by atoms with Crippen LogP contribution in [0.1, 0.15) is 168 Å². The fourth-order valence-corrected chi connectivity index (χ4v) is 22.0. The number of benzene rings is 8. The minimum Gasteiger partial charge on any atom is -0.354 e. The summed E-state index contributed by atoms with van der Waals surface area (Å²) in [5, 5.41) is 0. The second kappa shape index (κ2) is 29.2. The van der Waals surface area contributed by atoms with Crippen molar-refractivity contribution < 1.29 is 0 Å². The molecule has 0 saturated carbocycles. The van der Waals surface area contributed by atoms with Gasteiger partial charge in [0.15, 0.2) is 0 Å². The molecular formula is C112H104N10. The van der Waals surface area contributed by atoms with E-state index in [1.54, 1.807) is 0 Å². The maximum Gasteiger partial charge on any atom is 0.118 e. The number of hydrogen-bond acceptors (Lipinski definition) is 6. The maximum atomic E-state index is 6.56. The lowest BCUT2D eigenvalue weighted by Crippen LogP contribution is -1.97. The molecule has 11 heterocycles. The van der Waals surface area contributed by atoms with Gasteiger partial charge < -0.3 is 19.9 Å². The first-order valence-corrected chi connectivity index (χ1v) is 42.9. The molecule has 8 aromatic carbocycles. The second-order valence-corrected chi connectivity index (χ2v) is 36.0. The summed E-state index contributed by atoms with van der Waals surface area (Å²) in [7, 11) is 0. The van der Waals surface area contributed by atoms with Gasteiger partial charge in [0.2, 0.25) is 0 Å². The van der Waals surface area contributed by atoms with Gasteiger partial charge in [0, 0.05) is 77.6 Å². The highest BCUT2D eigenvalue weighted by molar-refractivity contribution is 6.17. The van der Waals surface area contributed by atoms with E-state index in [0.717, 1.165) is 256 Å². The van der Waals surface area contributed by atoms with Crippen LogP contribution < -0.4 is 0 Å². The average molecular weight is 1590 g/mol. The number of nitrogens with zero attached hydrogens (tertiary/aromatic N) is 6. The minimum absolute atomic E-state index is 0.637. The van der Waals surface area contributed by atoms with Gasteiger partial charge in [-0.2, -0.15) is 0 Å². The van der Waals surface area contributed by atoms with Crippen molar-refractivity contribution in [1.29, 1.82) is 0 Å². The molecule has 0 aliphatic carbocycles. The van der Waals surface area contributed by atoms with Gasteiger partial charge in [0.05, 0.1) is 45.2 Å². The molecule has 122 heavy (non-hydrogen) atoms. The van der Waals surface area contributed by atoms with Crippen LogP contribution in [0.25, 0.3) is 203 Å². The molecule has 4 N–H and O–H groups in total. The van der Waals surface area contributed by atoms with E-state index < -0.39 is 0 Å². The molecule has 0 unspecified atom stereocenters. The molecule has 4 aliphatic rings. The van der Waals surface area contributed by atoms with Crippen LogP contribution in [-0.2, 0) is 0 Å². The lowest BCUT2D eigenvalue weighted by atomic mass is 9.91. The first-order valence-electron chi connectivity index (χ1n) is 42.9. The lowest BCUT2D eigenvalue weighted by molar-refractivity contribution is 1.27. The van der Waals surface area contributed by atoms with E-state index in [4.69, 9.17) is 29.9 Å². The first-order chi connectivity index (χ1) is 58.3. The number of aromatic amines is 4. The Morgan fingerprint density at radius 3 is 0.516 bits per heavy atom. The molecular weight excluding hydrogens is 1490 g/mol. The van der Waals surface area contributed by atoms with E-state index >= 15 is 0 Å². The number of fused-ring (bicyclic) bond motifs is 22. The number of H-pyrrole nitrogens is 4. The summed E-state index contributed by atoms with van der Waals surface area (Å²) >= 11 is 0. The SMILES string of the molecule is Cc1cc(C)c(-c2c3nc(c(-c4c(C)cc(C)cc4C)c4[nH]c(c(-c5c(C)cc(C)cc5C)c5nc(c(-c6c(C)cc(C)cc6C)c6ccc2[nH]6)C=C5)c2nc5c(nc42)-c2nc-5c(-c4c(C)cc(C)cc4C)c4ccc([nH]4)c(-c4c(C)cc(C)cc4C)c4nc(c(-c5c(C)cc(C)cc5C)c5ccc([nH]5)c2-c2c(C)cc(C)cc2C)C=C4)C=C3)c(C)c1. The van der Waals surface area contributed by atoms with Crippen LogP contribution in [0.2, 0.25) is 0 Å². The van der Waals surface area contributed by atoms with E-state index in [9.17, 15) is 0 Å². The van der Waals surface area contributed by atoms with E-state index in [1.807, 2.05) is 0 Å². The first kappa shape index (κ1) is 78.4.